The molecule has 0 aliphatic heterocycles. The minimum atomic E-state index is 0.413. The van der Waals surface area contributed by atoms with Crippen LogP contribution in [-0.2, 0) is 0 Å². The van der Waals surface area contributed by atoms with Crippen molar-refractivity contribution < 1.29 is 0 Å². The highest BCUT2D eigenvalue weighted by atomic mass is 15.0. The van der Waals surface area contributed by atoms with Crippen molar-refractivity contribution in [3.8, 4) is 0 Å². The van der Waals surface area contributed by atoms with Gasteiger partial charge in [0.1, 0.15) is 0 Å². The quantitative estimate of drug-likeness (QED) is 0.632. The molecule has 0 aromatic rings. The molecule has 0 atom stereocenters. The number of rotatable bonds is 4. The summed E-state index contributed by atoms with van der Waals surface area (Å²) in [5.41, 5.74) is 0.413. The van der Waals surface area contributed by atoms with E-state index in [1.54, 1.807) is 0 Å². The molecule has 0 saturated heterocycles. The molecule has 1 aliphatic rings. The van der Waals surface area contributed by atoms with Gasteiger partial charge in [-0.25, -0.2) is 0 Å². The summed E-state index contributed by atoms with van der Waals surface area (Å²) >= 11 is 0. The first kappa shape index (κ1) is 8.06. The highest BCUT2D eigenvalue weighted by molar-refractivity contribution is 4.93. The second-order valence-electron chi connectivity index (χ2n) is 3.92. The summed E-state index contributed by atoms with van der Waals surface area (Å²) in [5.74, 6) is 0.957. The van der Waals surface area contributed by atoms with E-state index in [9.17, 15) is 0 Å². The van der Waals surface area contributed by atoms with Gasteiger partial charge in [0.15, 0.2) is 0 Å². The lowest BCUT2D eigenvalue weighted by atomic mass is 9.99. The summed E-state index contributed by atoms with van der Waals surface area (Å²) in [4.78, 5) is 0. The van der Waals surface area contributed by atoms with Crippen molar-refractivity contribution in [1.29, 1.82) is 0 Å². The molecule has 0 radical (unpaired) electrons. The Kier molecular flexibility index (Phi) is 2.35. The maximum absolute atomic E-state index is 3.57. The van der Waals surface area contributed by atoms with Gasteiger partial charge in [0.05, 0.1) is 0 Å². The lowest BCUT2D eigenvalue weighted by Crippen LogP contribution is -2.41. The maximum atomic E-state index is 3.57. The highest BCUT2D eigenvalue weighted by Gasteiger charge is 2.36. The first-order valence-electron chi connectivity index (χ1n) is 4.42. The third-order valence-corrected chi connectivity index (χ3v) is 2.43. The zero-order chi connectivity index (χ0) is 7.61. The summed E-state index contributed by atoms with van der Waals surface area (Å²) < 4.78 is 0. The molecule has 10 heavy (non-hydrogen) atoms. The summed E-state index contributed by atoms with van der Waals surface area (Å²) in [6.07, 6.45) is 4.11. The molecular formula is C9H19N. The first-order chi connectivity index (χ1) is 4.67. The van der Waals surface area contributed by atoms with E-state index < -0.39 is 0 Å². The molecule has 1 heteroatoms. The van der Waals surface area contributed by atoms with E-state index in [0.717, 1.165) is 5.92 Å². The molecule has 0 bridgehead atoms. The predicted molar refractivity (Wildman–Crippen MR) is 45.1 cm³/mol. The number of hydrogen-bond acceptors (Lipinski definition) is 1. The summed E-state index contributed by atoms with van der Waals surface area (Å²) in [6.45, 7) is 8.03. The van der Waals surface area contributed by atoms with E-state index >= 15 is 0 Å². The largest absolute Gasteiger partial charge is 0.312 e. The topological polar surface area (TPSA) is 12.0 Å². The van der Waals surface area contributed by atoms with E-state index in [4.69, 9.17) is 0 Å². The molecular weight excluding hydrogens is 122 g/mol. The lowest BCUT2D eigenvalue weighted by Gasteiger charge is -2.25. The van der Waals surface area contributed by atoms with E-state index in [1.165, 1.54) is 25.8 Å². The van der Waals surface area contributed by atoms with Crippen molar-refractivity contribution in [2.45, 2.75) is 45.6 Å². The van der Waals surface area contributed by atoms with Crippen LogP contribution in [0.2, 0.25) is 0 Å². The Morgan fingerprint density at radius 3 is 2.40 bits per heavy atom. The van der Waals surface area contributed by atoms with Crippen molar-refractivity contribution in [3.05, 3.63) is 0 Å². The summed E-state index contributed by atoms with van der Waals surface area (Å²) in [5, 5.41) is 3.57. The van der Waals surface area contributed by atoms with E-state index in [-0.39, 0.29) is 0 Å². The molecule has 0 spiro atoms. The van der Waals surface area contributed by atoms with Gasteiger partial charge in [-0.15, -0.1) is 0 Å². The first-order valence-corrected chi connectivity index (χ1v) is 4.42. The van der Waals surface area contributed by atoms with E-state index in [2.05, 4.69) is 26.1 Å². The fourth-order valence-corrected chi connectivity index (χ4v) is 1.40. The van der Waals surface area contributed by atoms with Crippen molar-refractivity contribution in [2.24, 2.45) is 5.92 Å². The monoisotopic (exact) mass is 141 g/mol. The van der Waals surface area contributed by atoms with Crippen LogP contribution in [0.25, 0.3) is 0 Å². The van der Waals surface area contributed by atoms with Gasteiger partial charge in [-0.1, -0.05) is 6.92 Å². The van der Waals surface area contributed by atoms with Gasteiger partial charge in [0.2, 0.25) is 0 Å². The lowest BCUT2D eigenvalue weighted by molar-refractivity contribution is 0.343. The van der Waals surface area contributed by atoms with Gasteiger partial charge in [0.25, 0.3) is 0 Å². The van der Waals surface area contributed by atoms with Crippen molar-refractivity contribution >= 4 is 0 Å². The fourth-order valence-electron chi connectivity index (χ4n) is 1.40. The highest BCUT2D eigenvalue weighted by Crippen LogP contribution is 2.38. The van der Waals surface area contributed by atoms with Crippen LogP contribution in [0.4, 0.5) is 0 Å². The van der Waals surface area contributed by atoms with Crippen LogP contribution < -0.4 is 5.32 Å². The predicted octanol–water partition coefficient (Wildman–Crippen LogP) is 2.17. The molecule has 60 valence electrons. The van der Waals surface area contributed by atoms with Crippen molar-refractivity contribution in [1.82, 2.24) is 5.32 Å². The second kappa shape index (κ2) is 2.91. The Morgan fingerprint density at radius 1 is 1.40 bits per heavy atom. The third-order valence-electron chi connectivity index (χ3n) is 2.43. The SMILES string of the molecule is CCCNC(C)(C)C1CC1. The van der Waals surface area contributed by atoms with Crippen LogP contribution in [0.3, 0.4) is 0 Å². The molecule has 0 heterocycles. The molecule has 1 nitrogen and oxygen atoms in total. The Labute approximate surface area is 64.2 Å². The Hall–Kier alpha value is -0.0400. The Morgan fingerprint density at radius 2 is 2.00 bits per heavy atom. The summed E-state index contributed by atoms with van der Waals surface area (Å²) in [6, 6.07) is 0. The molecule has 1 saturated carbocycles. The normalized spacial score (nSPS) is 19.5. The van der Waals surface area contributed by atoms with Crippen molar-refractivity contribution in [3.63, 3.8) is 0 Å². The average molecular weight is 141 g/mol. The molecule has 1 rings (SSSR count). The van der Waals surface area contributed by atoms with Crippen LogP contribution >= 0.6 is 0 Å². The van der Waals surface area contributed by atoms with Gasteiger partial charge in [-0.3, -0.25) is 0 Å². The van der Waals surface area contributed by atoms with Crippen LogP contribution in [0, 0.1) is 5.92 Å². The second-order valence-corrected chi connectivity index (χ2v) is 3.92. The number of hydrogen-bond donors (Lipinski definition) is 1. The van der Waals surface area contributed by atoms with Crippen molar-refractivity contribution in [2.75, 3.05) is 6.54 Å². The fraction of sp³-hybridized carbons (Fsp3) is 1.00. The molecule has 1 fully saturated rings. The van der Waals surface area contributed by atoms with Gasteiger partial charge in [-0.05, 0) is 45.6 Å². The van der Waals surface area contributed by atoms with Crippen LogP contribution in [0.5, 0.6) is 0 Å². The average Bonchev–Trinajstić information content (AvgIpc) is 2.64. The summed E-state index contributed by atoms with van der Waals surface area (Å²) in [7, 11) is 0. The molecule has 1 aliphatic carbocycles. The van der Waals surface area contributed by atoms with Gasteiger partial charge in [-0.2, -0.15) is 0 Å². The molecule has 0 aromatic carbocycles. The zero-order valence-electron chi connectivity index (χ0n) is 7.41. The van der Waals surface area contributed by atoms with Crippen LogP contribution in [0.15, 0.2) is 0 Å². The molecule has 0 unspecified atom stereocenters. The van der Waals surface area contributed by atoms with E-state index in [1.807, 2.05) is 0 Å². The van der Waals surface area contributed by atoms with E-state index in [0.29, 0.717) is 5.54 Å². The smallest absolute Gasteiger partial charge is 0.0153 e. The minimum absolute atomic E-state index is 0.413. The number of nitrogens with one attached hydrogen (secondary N) is 1. The Bertz CT molecular complexity index is 103. The third kappa shape index (κ3) is 1.98. The van der Waals surface area contributed by atoms with Gasteiger partial charge in [0, 0.05) is 5.54 Å². The maximum Gasteiger partial charge on any atom is 0.0153 e. The van der Waals surface area contributed by atoms with Gasteiger partial charge >= 0.3 is 0 Å². The van der Waals surface area contributed by atoms with Gasteiger partial charge < -0.3 is 5.32 Å². The Balaban J connectivity index is 2.20. The van der Waals surface area contributed by atoms with Crippen LogP contribution in [0.1, 0.15) is 40.0 Å². The molecule has 1 N–H and O–H groups in total. The molecule has 0 aromatic heterocycles. The molecule has 0 amide bonds. The zero-order valence-corrected chi connectivity index (χ0v) is 7.41. The van der Waals surface area contributed by atoms with Crippen LogP contribution in [-0.4, -0.2) is 12.1 Å². The standard InChI is InChI=1S/C9H19N/c1-4-7-10-9(2,3)8-5-6-8/h8,10H,4-7H2,1-3H3. The minimum Gasteiger partial charge on any atom is -0.312 e.